The summed E-state index contributed by atoms with van der Waals surface area (Å²) in [6.07, 6.45) is 3.52. The topological polar surface area (TPSA) is 24.5 Å². The van der Waals surface area contributed by atoms with E-state index in [1.807, 2.05) is 0 Å². The van der Waals surface area contributed by atoms with Gasteiger partial charge in [0.25, 0.3) is 0 Å². The predicted molar refractivity (Wildman–Crippen MR) is 62.0 cm³/mol. The minimum atomic E-state index is 0.412. The molecule has 1 N–H and O–H groups in total. The number of nitrogens with zero attached hydrogens (tertiary/aromatic N) is 1. The quantitative estimate of drug-likeness (QED) is 0.742. The van der Waals surface area contributed by atoms with Crippen molar-refractivity contribution in [3.63, 3.8) is 0 Å². The average Bonchev–Trinajstić information content (AvgIpc) is 2.17. The zero-order valence-corrected chi connectivity index (χ0v) is 10.0. The standard InChI is InChI=1S/C12H24N2O/c1-10-7-14(8-11(2)15-10)9-12-3-5-13-6-4-12/h10-13H,3-9H2,1-2H3/t10-,11-/m0/s1. The van der Waals surface area contributed by atoms with E-state index in [4.69, 9.17) is 4.74 Å². The molecule has 0 bridgehead atoms. The van der Waals surface area contributed by atoms with Gasteiger partial charge >= 0.3 is 0 Å². The molecule has 2 aliphatic heterocycles. The van der Waals surface area contributed by atoms with Gasteiger partial charge in [-0.05, 0) is 45.7 Å². The molecule has 88 valence electrons. The molecule has 15 heavy (non-hydrogen) atoms. The average molecular weight is 212 g/mol. The Morgan fingerprint density at radius 3 is 2.33 bits per heavy atom. The SMILES string of the molecule is C[C@H]1CN(CC2CCNCC2)C[C@H](C)O1. The Kier molecular flexibility index (Phi) is 4.00. The second-order valence-corrected chi connectivity index (χ2v) is 5.17. The maximum absolute atomic E-state index is 5.75. The number of ether oxygens (including phenoxy) is 1. The van der Waals surface area contributed by atoms with E-state index in [0.29, 0.717) is 12.2 Å². The maximum atomic E-state index is 5.75. The molecule has 2 saturated heterocycles. The van der Waals surface area contributed by atoms with E-state index < -0.39 is 0 Å². The fourth-order valence-corrected chi connectivity index (χ4v) is 2.86. The van der Waals surface area contributed by atoms with E-state index in [1.165, 1.54) is 32.5 Å². The molecule has 2 atom stereocenters. The summed E-state index contributed by atoms with van der Waals surface area (Å²) >= 11 is 0. The second kappa shape index (κ2) is 5.28. The van der Waals surface area contributed by atoms with Crippen LogP contribution in [0.4, 0.5) is 0 Å². The fourth-order valence-electron chi connectivity index (χ4n) is 2.86. The normalized spacial score (nSPS) is 35.6. The van der Waals surface area contributed by atoms with Gasteiger partial charge in [0.1, 0.15) is 0 Å². The highest BCUT2D eigenvalue weighted by Gasteiger charge is 2.24. The fraction of sp³-hybridized carbons (Fsp3) is 1.00. The van der Waals surface area contributed by atoms with Crippen molar-refractivity contribution in [3.8, 4) is 0 Å². The summed E-state index contributed by atoms with van der Waals surface area (Å²) < 4.78 is 5.75. The van der Waals surface area contributed by atoms with Crippen molar-refractivity contribution in [2.75, 3.05) is 32.7 Å². The van der Waals surface area contributed by atoms with Crippen LogP contribution < -0.4 is 5.32 Å². The Balaban J connectivity index is 1.77. The molecule has 0 amide bonds. The van der Waals surface area contributed by atoms with Gasteiger partial charge in [0.2, 0.25) is 0 Å². The number of nitrogens with one attached hydrogen (secondary N) is 1. The van der Waals surface area contributed by atoms with Crippen molar-refractivity contribution in [2.24, 2.45) is 5.92 Å². The van der Waals surface area contributed by atoms with Crippen LogP contribution in [0, 0.1) is 5.92 Å². The first-order chi connectivity index (χ1) is 7.24. The number of rotatable bonds is 2. The van der Waals surface area contributed by atoms with Crippen LogP contribution in [-0.2, 0) is 4.74 Å². The van der Waals surface area contributed by atoms with Gasteiger partial charge in [-0.3, -0.25) is 4.90 Å². The van der Waals surface area contributed by atoms with Crippen LogP contribution in [-0.4, -0.2) is 49.8 Å². The van der Waals surface area contributed by atoms with Crippen LogP contribution in [0.25, 0.3) is 0 Å². The third kappa shape index (κ3) is 3.44. The van der Waals surface area contributed by atoms with E-state index in [1.54, 1.807) is 0 Å². The van der Waals surface area contributed by atoms with E-state index in [0.717, 1.165) is 19.0 Å². The third-order valence-electron chi connectivity index (χ3n) is 3.47. The Labute approximate surface area is 93.2 Å². The summed E-state index contributed by atoms with van der Waals surface area (Å²) in [5.41, 5.74) is 0. The first kappa shape index (κ1) is 11.4. The van der Waals surface area contributed by atoms with Crippen molar-refractivity contribution < 1.29 is 4.74 Å². The lowest BCUT2D eigenvalue weighted by atomic mass is 9.97. The minimum absolute atomic E-state index is 0.412. The summed E-state index contributed by atoms with van der Waals surface area (Å²) in [6.45, 7) is 10.3. The smallest absolute Gasteiger partial charge is 0.0678 e. The van der Waals surface area contributed by atoms with Gasteiger partial charge in [0, 0.05) is 19.6 Å². The lowest BCUT2D eigenvalue weighted by Gasteiger charge is -2.38. The van der Waals surface area contributed by atoms with Crippen molar-refractivity contribution >= 4 is 0 Å². The summed E-state index contributed by atoms with van der Waals surface area (Å²) in [4.78, 5) is 2.59. The molecule has 0 radical (unpaired) electrons. The maximum Gasteiger partial charge on any atom is 0.0678 e. The van der Waals surface area contributed by atoms with Gasteiger partial charge in [0.15, 0.2) is 0 Å². The third-order valence-corrected chi connectivity index (χ3v) is 3.47. The molecule has 3 heteroatoms. The van der Waals surface area contributed by atoms with Crippen LogP contribution in [0.15, 0.2) is 0 Å². The minimum Gasteiger partial charge on any atom is -0.373 e. The molecule has 2 aliphatic rings. The van der Waals surface area contributed by atoms with Gasteiger partial charge in [-0.25, -0.2) is 0 Å². The second-order valence-electron chi connectivity index (χ2n) is 5.17. The number of hydrogen-bond acceptors (Lipinski definition) is 3. The van der Waals surface area contributed by atoms with Crippen LogP contribution in [0.3, 0.4) is 0 Å². The van der Waals surface area contributed by atoms with E-state index in [2.05, 4.69) is 24.1 Å². The molecular formula is C12H24N2O. The summed E-state index contributed by atoms with van der Waals surface area (Å²) in [7, 11) is 0. The van der Waals surface area contributed by atoms with Crippen molar-refractivity contribution in [2.45, 2.75) is 38.9 Å². The molecule has 0 aliphatic carbocycles. The number of morpholine rings is 1. The van der Waals surface area contributed by atoms with Crippen LogP contribution >= 0.6 is 0 Å². The van der Waals surface area contributed by atoms with Crippen molar-refractivity contribution in [3.05, 3.63) is 0 Å². The van der Waals surface area contributed by atoms with Crippen molar-refractivity contribution in [1.82, 2.24) is 10.2 Å². The molecule has 2 heterocycles. The molecule has 2 rings (SSSR count). The Morgan fingerprint density at radius 2 is 1.73 bits per heavy atom. The van der Waals surface area contributed by atoms with Gasteiger partial charge in [-0.15, -0.1) is 0 Å². The first-order valence-corrected chi connectivity index (χ1v) is 6.32. The molecule has 0 spiro atoms. The van der Waals surface area contributed by atoms with Gasteiger partial charge in [0.05, 0.1) is 12.2 Å². The molecule has 2 fully saturated rings. The van der Waals surface area contributed by atoms with E-state index >= 15 is 0 Å². The largest absolute Gasteiger partial charge is 0.373 e. The van der Waals surface area contributed by atoms with Crippen LogP contribution in [0.2, 0.25) is 0 Å². The zero-order valence-electron chi connectivity index (χ0n) is 10.0. The van der Waals surface area contributed by atoms with Crippen LogP contribution in [0.1, 0.15) is 26.7 Å². The predicted octanol–water partition coefficient (Wildman–Crippen LogP) is 1.10. The molecule has 3 nitrogen and oxygen atoms in total. The van der Waals surface area contributed by atoms with Gasteiger partial charge < -0.3 is 10.1 Å². The Bertz CT molecular complexity index is 182. The Morgan fingerprint density at radius 1 is 1.13 bits per heavy atom. The monoisotopic (exact) mass is 212 g/mol. The van der Waals surface area contributed by atoms with E-state index in [9.17, 15) is 0 Å². The van der Waals surface area contributed by atoms with Gasteiger partial charge in [-0.2, -0.15) is 0 Å². The van der Waals surface area contributed by atoms with Gasteiger partial charge in [-0.1, -0.05) is 0 Å². The highest BCUT2D eigenvalue weighted by molar-refractivity contribution is 4.78. The zero-order chi connectivity index (χ0) is 10.7. The number of hydrogen-bond donors (Lipinski definition) is 1. The Hall–Kier alpha value is -0.120. The van der Waals surface area contributed by atoms with Crippen LogP contribution in [0.5, 0.6) is 0 Å². The molecule has 0 unspecified atom stereocenters. The molecule has 0 aromatic carbocycles. The van der Waals surface area contributed by atoms with Crippen molar-refractivity contribution in [1.29, 1.82) is 0 Å². The molecular weight excluding hydrogens is 188 g/mol. The lowest BCUT2D eigenvalue weighted by molar-refractivity contribution is -0.0722. The first-order valence-electron chi connectivity index (χ1n) is 6.32. The number of piperidine rings is 1. The van der Waals surface area contributed by atoms with E-state index in [-0.39, 0.29) is 0 Å². The highest BCUT2D eigenvalue weighted by atomic mass is 16.5. The highest BCUT2D eigenvalue weighted by Crippen LogP contribution is 2.17. The summed E-state index contributed by atoms with van der Waals surface area (Å²) in [5, 5.41) is 3.43. The molecule has 0 aromatic rings. The molecule has 0 aromatic heterocycles. The summed E-state index contributed by atoms with van der Waals surface area (Å²) in [5.74, 6) is 0.906. The molecule has 0 saturated carbocycles. The lowest BCUT2D eigenvalue weighted by Crippen LogP contribution is -2.48. The summed E-state index contributed by atoms with van der Waals surface area (Å²) in [6, 6.07) is 0.